The van der Waals surface area contributed by atoms with Gasteiger partial charge in [0.1, 0.15) is 5.75 Å². The molecule has 1 aromatic rings. The maximum Gasteiger partial charge on any atom is 0.387 e. The van der Waals surface area contributed by atoms with Crippen molar-refractivity contribution in [1.82, 2.24) is 0 Å². The van der Waals surface area contributed by atoms with Gasteiger partial charge in [-0.15, -0.1) is 0 Å². The van der Waals surface area contributed by atoms with Gasteiger partial charge >= 0.3 is 6.61 Å². The van der Waals surface area contributed by atoms with Crippen molar-refractivity contribution < 1.29 is 13.5 Å². The molecular formula is C15H19F2NO. The number of anilines is 1. The molecule has 0 amide bonds. The highest BCUT2D eigenvalue weighted by Gasteiger charge is 2.35. The lowest BCUT2D eigenvalue weighted by Gasteiger charge is -2.23. The minimum Gasteiger partial charge on any atom is -0.435 e. The standard InChI is InChI=1S/C15H19F2NO/c1-9-3-2-4-11(9)13-8-18-14-6-5-10(7-12(13)14)19-15(16)17/h5-7,9,11,13,15,18H,2-4,8H2,1H3. The van der Waals surface area contributed by atoms with E-state index in [4.69, 9.17) is 0 Å². The van der Waals surface area contributed by atoms with Crippen molar-refractivity contribution in [2.45, 2.75) is 38.7 Å². The molecule has 3 atom stereocenters. The summed E-state index contributed by atoms with van der Waals surface area (Å²) in [7, 11) is 0. The van der Waals surface area contributed by atoms with Crippen LogP contribution in [0.2, 0.25) is 0 Å². The number of hydrogen-bond donors (Lipinski definition) is 1. The van der Waals surface area contributed by atoms with Gasteiger partial charge in [-0.2, -0.15) is 8.78 Å². The van der Waals surface area contributed by atoms with Gasteiger partial charge < -0.3 is 10.1 Å². The number of benzene rings is 1. The molecule has 2 nitrogen and oxygen atoms in total. The monoisotopic (exact) mass is 267 g/mol. The second kappa shape index (κ2) is 4.99. The molecule has 4 heteroatoms. The molecule has 0 spiro atoms. The molecular weight excluding hydrogens is 248 g/mol. The predicted octanol–water partition coefficient (Wildman–Crippen LogP) is 4.23. The largest absolute Gasteiger partial charge is 0.435 e. The first kappa shape index (κ1) is 12.7. The zero-order chi connectivity index (χ0) is 13.4. The minimum atomic E-state index is -2.75. The van der Waals surface area contributed by atoms with E-state index in [9.17, 15) is 8.78 Å². The third-order valence-corrected chi connectivity index (χ3v) is 4.60. The van der Waals surface area contributed by atoms with Crippen molar-refractivity contribution >= 4 is 5.69 Å². The Bertz CT molecular complexity index is 463. The van der Waals surface area contributed by atoms with Gasteiger partial charge in [0.15, 0.2) is 0 Å². The van der Waals surface area contributed by atoms with Crippen molar-refractivity contribution in [2.75, 3.05) is 11.9 Å². The number of halogens is 2. The van der Waals surface area contributed by atoms with Gasteiger partial charge in [-0.05, 0) is 42.0 Å². The topological polar surface area (TPSA) is 21.3 Å². The van der Waals surface area contributed by atoms with Gasteiger partial charge in [-0.3, -0.25) is 0 Å². The van der Waals surface area contributed by atoms with Crippen LogP contribution in [0.4, 0.5) is 14.5 Å². The van der Waals surface area contributed by atoms with Gasteiger partial charge in [0.05, 0.1) is 0 Å². The minimum absolute atomic E-state index is 0.271. The van der Waals surface area contributed by atoms with Crippen LogP contribution in [0.5, 0.6) is 5.75 Å². The van der Waals surface area contributed by atoms with E-state index < -0.39 is 6.61 Å². The maximum absolute atomic E-state index is 12.3. The van der Waals surface area contributed by atoms with Gasteiger partial charge in [0.25, 0.3) is 0 Å². The lowest BCUT2D eigenvalue weighted by Crippen LogP contribution is -2.17. The highest BCUT2D eigenvalue weighted by molar-refractivity contribution is 5.60. The van der Waals surface area contributed by atoms with Crippen LogP contribution >= 0.6 is 0 Å². The zero-order valence-electron chi connectivity index (χ0n) is 11.0. The van der Waals surface area contributed by atoms with Crippen LogP contribution in [0.25, 0.3) is 0 Å². The summed E-state index contributed by atoms with van der Waals surface area (Å²) in [6.45, 7) is 0.466. The van der Waals surface area contributed by atoms with Crippen LogP contribution in [0.1, 0.15) is 37.7 Å². The van der Waals surface area contributed by atoms with Crippen molar-refractivity contribution in [3.8, 4) is 5.75 Å². The van der Waals surface area contributed by atoms with E-state index in [0.717, 1.165) is 23.7 Å². The Labute approximate surface area is 112 Å². The third-order valence-electron chi connectivity index (χ3n) is 4.60. The maximum atomic E-state index is 12.3. The van der Waals surface area contributed by atoms with Gasteiger partial charge in [0, 0.05) is 18.2 Å². The molecule has 3 rings (SSSR count). The molecule has 0 aromatic heterocycles. The number of ether oxygens (including phenoxy) is 1. The van der Waals surface area contributed by atoms with E-state index in [1.807, 2.05) is 6.07 Å². The fraction of sp³-hybridized carbons (Fsp3) is 0.600. The molecule has 1 N–H and O–H groups in total. The Morgan fingerprint density at radius 1 is 1.32 bits per heavy atom. The van der Waals surface area contributed by atoms with Crippen LogP contribution in [0.15, 0.2) is 18.2 Å². The summed E-state index contributed by atoms with van der Waals surface area (Å²) in [6, 6.07) is 5.25. The highest BCUT2D eigenvalue weighted by atomic mass is 19.3. The lowest BCUT2D eigenvalue weighted by molar-refractivity contribution is -0.0498. The zero-order valence-corrected chi connectivity index (χ0v) is 11.0. The Balaban J connectivity index is 1.85. The van der Waals surface area contributed by atoms with Crippen molar-refractivity contribution in [3.63, 3.8) is 0 Å². The fourth-order valence-corrected chi connectivity index (χ4v) is 3.67. The molecule has 0 bridgehead atoms. The number of rotatable bonds is 3. The summed E-state index contributed by atoms with van der Waals surface area (Å²) in [4.78, 5) is 0. The van der Waals surface area contributed by atoms with Crippen LogP contribution < -0.4 is 10.1 Å². The SMILES string of the molecule is CC1CCCC1C1CNc2ccc(OC(F)F)cc21. The van der Waals surface area contributed by atoms with E-state index >= 15 is 0 Å². The second-order valence-corrected chi connectivity index (χ2v) is 5.69. The molecule has 2 aliphatic rings. The first-order chi connectivity index (χ1) is 9.15. The van der Waals surface area contributed by atoms with Crippen LogP contribution in [-0.4, -0.2) is 13.2 Å². The average Bonchev–Trinajstić information content (AvgIpc) is 2.94. The number of hydrogen-bond acceptors (Lipinski definition) is 2. The molecule has 1 saturated carbocycles. The molecule has 1 heterocycles. The van der Waals surface area contributed by atoms with Crippen molar-refractivity contribution in [3.05, 3.63) is 23.8 Å². The summed E-state index contributed by atoms with van der Waals surface area (Å²) in [5.74, 6) is 2.09. The summed E-state index contributed by atoms with van der Waals surface area (Å²) in [5.41, 5.74) is 2.22. The summed E-state index contributed by atoms with van der Waals surface area (Å²) < 4.78 is 29.1. The van der Waals surface area contributed by atoms with Crippen molar-refractivity contribution in [2.24, 2.45) is 11.8 Å². The third kappa shape index (κ3) is 2.40. The Kier molecular flexibility index (Phi) is 3.33. The van der Waals surface area contributed by atoms with E-state index in [-0.39, 0.29) is 5.75 Å². The molecule has 0 saturated heterocycles. The Hall–Kier alpha value is -1.32. The van der Waals surface area contributed by atoms with Crippen molar-refractivity contribution in [1.29, 1.82) is 0 Å². The van der Waals surface area contributed by atoms with E-state index in [2.05, 4.69) is 17.0 Å². The number of alkyl halides is 2. The quantitative estimate of drug-likeness (QED) is 0.884. The second-order valence-electron chi connectivity index (χ2n) is 5.69. The van der Waals surface area contributed by atoms with E-state index in [0.29, 0.717) is 11.8 Å². The molecule has 104 valence electrons. The Morgan fingerprint density at radius 3 is 2.84 bits per heavy atom. The summed E-state index contributed by atoms with van der Waals surface area (Å²) >= 11 is 0. The molecule has 1 aromatic carbocycles. The number of nitrogens with one attached hydrogen (secondary N) is 1. The first-order valence-corrected chi connectivity index (χ1v) is 6.98. The summed E-state index contributed by atoms with van der Waals surface area (Å²) in [6.07, 6.45) is 3.81. The molecule has 1 fully saturated rings. The predicted molar refractivity (Wildman–Crippen MR) is 70.8 cm³/mol. The van der Waals surface area contributed by atoms with E-state index in [1.54, 1.807) is 12.1 Å². The van der Waals surface area contributed by atoms with Gasteiger partial charge in [-0.1, -0.05) is 19.8 Å². The molecule has 1 aliphatic carbocycles. The molecule has 3 unspecified atom stereocenters. The van der Waals surface area contributed by atoms with Gasteiger partial charge in [0.2, 0.25) is 0 Å². The van der Waals surface area contributed by atoms with E-state index in [1.165, 1.54) is 19.3 Å². The summed E-state index contributed by atoms with van der Waals surface area (Å²) in [5, 5.41) is 3.39. The van der Waals surface area contributed by atoms with Crippen LogP contribution in [-0.2, 0) is 0 Å². The lowest BCUT2D eigenvalue weighted by atomic mass is 9.81. The average molecular weight is 267 g/mol. The fourth-order valence-electron chi connectivity index (χ4n) is 3.67. The normalized spacial score (nSPS) is 29.4. The molecule has 0 radical (unpaired) electrons. The molecule has 1 aliphatic heterocycles. The first-order valence-electron chi connectivity index (χ1n) is 6.98. The van der Waals surface area contributed by atoms with Crippen LogP contribution in [0, 0.1) is 11.8 Å². The van der Waals surface area contributed by atoms with Crippen LogP contribution in [0.3, 0.4) is 0 Å². The smallest absolute Gasteiger partial charge is 0.387 e. The number of fused-ring (bicyclic) bond motifs is 1. The molecule has 19 heavy (non-hydrogen) atoms. The highest BCUT2D eigenvalue weighted by Crippen LogP contribution is 2.46. The van der Waals surface area contributed by atoms with Gasteiger partial charge in [-0.25, -0.2) is 0 Å². The Morgan fingerprint density at radius 2 is 2.16 bits per heavy atom.